The molecule has 5 nitrogen and oxygen atoms in total. The summed E-state index contributed by atoms with van der Waals surface area (Å²) in [7, 11) is -3.46. The van der Waals surface area contributed by atoms with Gasteiger partial charge in [-0.1, -0.05) is 43.2 Å². The Bertz CT molecular complexity index is 1110. The van der Waals surface area contributed by atoms with Gasteiger partial charge in [0.05, 0.1) is 11.1 Å². The minimum Gasteiger partial charge on any atom is -0.440 e. The zero-order valence-corrected chi connectivity index (χ0v) is 19.2. The predicted octanol–water partition coefficient (Wildman–Crippen LogP) is 5.70. The van der Waals surface area contributed by atoms with Crippen molar-refractivity contribution >= 4 is 21.4 Å². The van der Waals surface area contributed by atoms with E-state index in [1.54, 1.807) is 16.6 Å². The van der Waals surface area contributed by atoms with Crippen molar-refractivity contribution in [1.82, 2.24) is 9.29 Å². The van der Waals surface area contributed by atoms with E-state index in [9.17, 15) is 8.42 Å². The highest BCUT2D eigenvalue weighted by Gasteiger charge is 2.31. The van der Waals surface area contributed by atoms with Crippen molar-refractivity contribution < 1.29 is 12.8 Å². The highest BCUT2D eigenvalue weighted by molar-refractivity contribution is 7.91. The molecule has 0 bridgehead atoms. The first-order valence-electron chi connectivity index (χ1n) is 11.2. The molecule has 5 rings (SSSR count). The van der Waals surface area contributed by atoms with Crippen molar-refractivity contribution in [2.45, 2.75) is 55.1 Å². The van der Waals surface area contributed by atoms with Gasteiger partial charge in [0.1, 0.15) is 4.21 Å². The number of benzene rings is 1. The molecule has 31 heavy (non-hydrogen) atoms. The maximum absolute atomic E-state index is 13.2. The summed E-state index contributed by atoms with van der Waals surface area (Å²) in [5.41, 5.74) is 1.33. The summed E-state index contributed by atoms with van der Waals surface area (Å²) >= 11 is 1.28. The lowest BCUT2D eigenvalue weighted by Gasteiger charge is -2.30. The highest BCUT2D eigenvalue weighted by Crippen LogP contribution is 2.38. The van der Waals surface area contributed by atoms with E-state index >= 15 is 0 Å². The smallest absolute Gasteiger partial charge is 0.252 e. The molecule has 1 aromatic carbocycles. The van der Waals surface area contributed by atoms with Crippen molar-refractivity contribution in [1.29, 1.82) is 0 Å². The summed E-state index contributed by atoms with van der Waals surface area (Å²) in [5, 5.41) is 0. The topological polar surface area (TPSA) is 63.4 Å². The van der Waals surface area contributed by atoms with Crippen molar-refractivity contribution in [3.05, 3.63) is 60.1 Å². The first kappa shape index (κ1) is 20.9. The van der Waals surface area contributed by atoms with Crippen LogP contribution in [0.1, 0.15) is 55.9 Å². The fourth-order valence-corrected chi connectivity index (χ4v) is 7.66. The van der Waals surface area contributed by atoms with E-state index in [1.165, 1.54) is 29.7 Å². The Morgan fingerprint density at radius 3 is 2.48 bits per heavy atom. The van der Waals surface area contributed by atoms with Crippen molar-refractivity contribution in [3.63, 3.8) is 0 Å². The Morgan fingerprint density at radius 2 is 1.74 bits per heavy atom. The summed E-state index contributed by atoms with van der Waals surface area (Å²) in [6, 6.07) is 14.0. The minimum absolute atomic E-state index is 0.392. The summed E-state index contributed by atoms with van der Waals surface area (Å²) in [6.45, 7) is 1.17. The zero-order chi connectivity index (χ0) is 21.3. The van der Waals surface area contributed by atoms with Crippen molar-refractivity contribution in [2.75, 3.05) is 13.1 Å². The fourth-order valence-electron chi connectivity index (χ4n) is 4.78. The van der Waals surface area contributed by atoms with E-state index in [4.69, 9.17) is 4.42 Å². The molecule has 3 aromatic rings. The number of aromatic nitrogens is 1. The molecular formula is C24H28N2O3S2. The molecule has 7 heteroatoms. The molecule has 1 saturated heterocycles. The number of sulfonamides is 1. The monoisotopic (exact) mass is 456 g/mol. The number of piperidine rings is 1. The van der Waals surface area contributed by atoms with Gasteiger partial charge in [0.2, 0.25) is 0 Å². The summed E-state index contributed by atoms with van der Waals surface area (Å²) in [5.74, 6) is 2.42. The van der Waals surface area contributed by atoms with Gasteiger partial charge in [0, 0.05) is 19.0 Å². The molecule has 3 heterocycles. The van der Waals surface area contributed by atoms with E-state index in [-0.39, 0.29) is 0 Å². The molecule has 1 aliphatic heterocycles. The van der Waals surface area contributed by atoms with Crippen LogP contribution in [0.4, 0.5) is 0 Å². The number of thiophene rings is 1. The molecule has 2 fully saturated rings. The standard InChI is InChI=1S/C24H28N2O3S2/c27-31(28,26-14-12-19(13-15-26)16-18-6-2-1-3-7-18)23-11-10-22(30-23)21-17-25-24(29-21)20-8-4-5-9-20/h1-3,6-7,10-11,17,19-20H,4-5,8-9,12-16H2. The van der Waals surface area contributed by atoms with Gasteiger partial charge in [-0.05, 0) is 55.7 Å². The van der Waals surface area contributed by atoms with Crippen LogP contribution in [-0.2, 0) is 16.4 Å². The predicted molar refractivity (Wildman–Crippen MR) is 123 cm³/mol. The van der Waals surface area contributed by atoms with Crippen LogP contribution in [0.25, 0.3) is 10.6 Å². The SMILES string of the molecule is O=S(=O)(c1ccc(-c2cnc(C3CCCC3)o2)s1)N1CCC(Cc2ccccc2)CC1. The number of oxazole rings is 1. The Morgan fingerprint density at radius 1 is 1.00 bits per heavy atom. The Kier molecular flexibility index (Phi) is 5.99. The lowest BCUT2D eigenvalue weighted by atomic mass is 9.91. The van der Waals surface area contributed by atoms with Crippen molar-refractivity contribution in [3.8, 4) is 10.6 Å². The van der Waals surface area contributed by atoms with Crippen LogP contribution in [0.5, 0.6) is 0 Å². The molecule has 0 spiro atoms. The van der Waals surface area contributed by atoms with E-state index in [2.05, 4.69) is 29.2 Å². The maximum atomic E-state index is 13.2. The summed E-state index contributed by atoms with van der Waals surface area (Å²) < 4.78 is 34.4. The molecular weight excluding hydrogens is 428 g/mol. The summed E-state index contributed by atoms with van der Waals surface area (Å²) in [4.78, 5) is 5.29. The van der Waals surface area contributed by atoms with Gasteiger partial charge in [0.15, 0.2) is 11.7 Å². The van der Waals surface area contributed by atoms with Gasteiger partial charge in [0.25, 0.3) is 10.0 Å². The minimum atomic E-state index is -3.46. The molecule has 0 radical (unpaired) electrons. The van der Waals surface area contributed by atoms with Gasteiger partial charge in [-0.15, -0.1) is 11.3 Å². The second-order valence-corrected chi connectivity index (χ2v) is 11.9. The number of hydrogen-bond donors (Lipinski definition) is 0. The van der Waals surface area contributed by atoms with E-state index < -0.39 is 10.0 Å². The first-order valence-corrected chi connectivity index (χ1v) is 13.5. The number of nitrogens with zero attached hydrogens (tertiary/aromatic N) is 2. The molecule has 0 N–H and O–H groups in total. The van der Waals surface area contributed by atoms with E-state index in [0.717, 1.165) is 42.9 Å². The van der Waals surface area contributed by atoms with Crippen LogP contribution in [-0.4, -0.2) is 30.8 Å². The third kappa shape index (κ3) is 4.49. The normalized spacial score (nSPS) is 19.2. The second kappa shape index (κ2) is 8.88. The van der Waals surface area contributed by atoms with Crippen molar-refractivity contribution in [2.24, 2.45) is 5.92 Å². The Labute approximate surface area is 188 Å². The quantitative estimate of drug-likeness (QED) is 0.477. The van der Waals surface area contributed by atoms with Crippen LogP contribution in [0.15, 0.2) is 57.3 Å². The molecule has 0 unspecified atom stereocenters. The second-order valence-electron chi connectivity index (χ2n) is 8.70. The van der Waals surface area contributed by atoms with Crippen LogP contribution in [0.3, 0.4) is 0 Å². The number of rotatable bonds is 6. The lowest BCUT2D eigenvalue weighted by molar-refractivity contribution is 0.273. The average molecular weight is 457 g/mol. The molecule has 2 aliphatic rings. The third-order valence-corrected chi connectivity index (χ3v) is 10.1. The van der Waals surface area contributed by atoms with Gasteiger partial charge >= 0.3 is 0 Å². The highest BCUT2D eigenvalue weighted by atomic mass is 32.2. The molecule has 1 saturated carbocycles. The molecule has 0 amide bonds. The van der Waals surface area contributed by atoms with Crippen LogP contribution in [0.2, 0.25) is 0 Å². The molecule has 0 atom stereocenters. The Balaban J connectivity index is 1.24. The van der Waals surface area contributed by atoms with E-state index in [1.807, 2.05) is 12.1 Å². The fraction of sp³-hybridized carbons (Fsp3) is 0.458. The number of hydrogen-bond acceptors (Lipinski definition) is 5. The first-order chi connectivity index (χ1) is 15.1. The lowest BCUT2D eigenvalue weighted by Crippen LogP contribution is -2.38. The van der Waals surface area contributed by atoms with Crippen LogP contribution in [0, 0.1) is 5.92 Å². The zero-order valence-electron chi connectivity index (χ0n) is 17.6. The van der Waals surface area contributed by atoms with Gasteiger partial charge in [-0.3, -0.25) is 0 Å². The molecule has 1 aliphatic carbocycles. The molecule has 164 valence electrons. The van der Waals surface area contributed by atoms with Gasteiger partial charge in [-0.25, -0.2) is 13.4 Å². The molecule has 2 aromatic heterocycles. The largest absolute Gasteiger partial charge is 0.440 e. The third-order valence-electron chi connectivity index (χ3n) is 6.59. The Hall–Kier alpha value is -1.96. The van der Waals surface area contributed by atoms with Gasteiger partial charge < -0.3 is 4.42 Å². The van der Waals surface area contributed by atoms with E-state index in [0.29, 0.717) is 34.9 Å². The van der Waals surface area contributed by atoms with Crippen LogP contribution >= 0.6 is 11.3 Å². The average Bonchev–Trinajstić information content (AvgIpc) is 3.56. The maximum Gasteiger partial charge on any atom is 0.252 e. The van der Waals surface area contributed by atoms with Gasteiger partial charge in [-0.2, -0.15) is 4.31 Å². The van der Waals surface area contributed by atoms with Crippen LogP contribution < -0.4 is 0 Å². The summed E-state index contributed by atoms with van der Waals surface area (Å²) in [6.07, 6.45) is 9.28.